The maximum Gasteiger partial charge on any atom is 0.0561 e. The Morgan fingerprint density at radius 3 is 2.83 bits per heavy atom. The number of nitrogens with one attached hydrogen (secondary N) is 1. The topological polar surface area (TPSA) is 27.6 Å². The monoisotopic (exact) mass is 307 g/mol. The minimum atomic E-state index is 0.695. The number of hydrazone groups is 1. The van der Waals surface area contributed by atoms with Gasteiger partial charge in [-0.05, 0) is 55.6 Å². The fraction of sp³-hybridized carbons (Fsp3) is 0.350. The van der Waals surface area contributed by atoms with Crippen molar-refractivity contribution in [3.8, 4) is 0 Å². The molecule has 1 saturated heterocycles. The van der Waals surface area contributed by atoms with E-state index >= 15 is 0 Å². The second-order valence-corrected chi connectivity index (χ2v) is 6.30. The van der Waals surface area contributed by atoms with Gasteiger partial charge in [-0.3, -0.25) is 10.3 Å². The zero-order chi connectivity index (χ0) is 15.9. The van der Waals surface area contributed by atoms with E-state index in [1.807, 2.05) is 36.5 Å². The van der Waals surface area contributed by atoms with Gasteiger partial charge in [0.25, 0.3) is 0 Å². The van der Waals surface area contributed by atoms with Gasteiger partial charge in [0.05, 0.1) is 11.9 Å². The van der Waals surface area contributed by atoms with Crippen LogP contribution in [0.2, 0.25) is 0 Å². The third-order valence-electron chi connectivity index (χ3n) is 4.46. The highest BCUT2D eigenvalue weighted by molar-refractivity contribution is 5.80. The zero-order valence-electron chi connectivity index (χ0n) is 13.8. The largest absolute Gasteiger partial charge is 0.296 e. The highest BCUT2D eigenvalue weighted by Crippen LogP contribution is 2.19. The lowest BCUT2D eigenvalue weighted by atomic mass is 10.0. The van der Waals surface area contributed by atoms with E-state index in [4.69, 9.17) is 0 Å². The van der Waals surface area contributed by atoms with E-state index < -0.39 is 0 Å². The molecule has 0 radical (unpaired) electrons. The fourth-order valence-corrected chi connectivity index (χ4v) is 3.09. The van der Waals surface area contributed by atoms with Crippen LogP contribution in [0, 0.1) is 0 Å². The van der Waals surface area contributed by atoms with E-state index in [9.17, 15) is 0 Å². The first-order valence-electron chi connectivity index (χ1n) is 8.48. The molecular formula is C20H25N3. The summed E-state index contributed by atoms with van der Waals surface area (Å²) in [5.74, 6) is 0. The number of para-hydroxylation sites is 1. The Morgan fingerprint density at radius 2 is 2.00 bits per heavy atom. The molecule has 0 aromatic heterocycles. The molecule has 0 amide bonds. The van der Waals surface area contributed by atoms with Gasteiger partial charge in [0.1, 0.15) is 0 Å². The lowest BCUT2D eigenvalue weighted by molar-refractivity contribution is 0.152. The van der Waals surface area contributed by atoms with Gasteiger partial charge in [0, 0.05) is 12.6 Å². The molecule has 1 atom stereocenters. The van der Waals surface area contributed by atoms with Crippen LogP contribution >= 0.6 is 0 Å². The third kappa shape index (κ3) is 4.67. The maximum atomic E-state index is 4.33. The summed E-state index contributed by atoms with van der Waals surface area (Å²) in [7, 11) is 0. The third-order valence-corrected chi connectivity index (χ3v) is 4.46. The Bertz CT molecular complexity index is 636. The Hall–Kier alpha value is -2.13. The molecule has 1 heterocycles. The average Bonchev–Trinajstić information content (AvgIpc) is 2.58. The van der Waals surface area contributed by atoms with Crippen molar-refractivity contribution in [1.82, 2.24) is 4.90 Å². The second-order valence-electron chi connectivity index (χ2n) is 6.30. The van der Waals surface area contributed by atoms with Gasteiger partial charge in [-0.15, -0.1) is 0 Å². The molecule has 23 heavy (non-hydrogen) atoms. The molecule has 1 aliphatic heterocycles. The summed E-state index contributed by atoms with van der Waals surface area (Å²) >= 11 is 0. The first-order chi connectivity index (χ1) is 11.3. The van der Waals surface area contributed by atoms with Gasteiger partial charge in [-0.25, -0.2) is 0 Å². The number of piperidine rings is 1. The first kappa shape index (κ1) is 15.8. The van der Waals surface area contributed by atoms with E-state index in [0.29, 0.717) is 6.04 Å². The Balaban J connectivity index is 1.60. The highest BCUT2D eigenvalue weighted by Gasteiger charge is 2.17. The molecule has 1 aliphatic rings. The second kappa shape index (κ2) is 7.93. The first-order valence-corrected chi connectivity index (χ1v) is 8.48. The van der Waals surface area contributed by atoms with Gasteiger partial charge in [-0.1, -0.05) is 42.8 Å². The van der Waals surface area contributed by atoms with Crippen molar-refractivity contribution in [1.29, 1.82) is 0 Å². The van der Waals surface area contributed by atoms with Gasteiger partial charge in [0.2, 0.25) is 0 Å². The predicted octanol–water partition coefficient (Wildman–Crippen LogP) is 4.51. The number of hydrogen-bond acceptors (Lipinski definition) is 3. The van der Waals surface area contributed by atoms with Crippen molar-refractivity contribution < 1.29 is 0 Å². The molecule has 3 heteroatoms. The van der Waals surface area contributed by atoms with Crippen LogP contribution in [-0.2, 0) is 6.54 Å². The molecular weight excluding hydrogens is 282 g/mol. The Morgan fingerprint density at radius 1 is 1.13 bits per heavy atom. The van der Waals surface area contributed by atoms with Crippen LogP contribution in [0.25, 0.3) is 0 Å². The molecule has 2 aromatic rings. The van der Waals surface area contributed by atoms with Gasteiger partial charge >= 0.3 is 0 Å². The molecule has 0 saturated carbocycles. The van der Waals surface area contributed by atoms with E-state index in [0.717, 1.165) is 17.8 Å². The quantitative estimate of drug-likeness (QED) is 0.650. The summed E-state index contributed by atoms with van der Waals surface area (Å²) in [4.78, 5) is 2.59. The summed E-state index contributed by atoms with van der Waals surface area (Å²) in [5, 5.41) is 4.33. The van der Waals surface area contributed by atoms with Crippen LogP contribution in [0.3, 0.4) is 0 Å². The summed E-state index contributed by atoms with van der Waals surface area (Å²) < 4.78 is 0. The van der Waals surface area contributed by atoms with Crippen LogP contribution < -0.4 is 5.43 Å². The van der Waals surface area contributed by atoms with E-state index in [-0.39, 0.29) is 0 Å². The van der Waals surface area contributed by atoms with Crippen molar-refractivity contribution in [2.75, 3.05) is 12.0 Å². The molecule has 1 unspecified atom stereocenters. The fourth-order valence-electron chi connectivity index (χ4n) is 3.09. The molecule has 0 bridgehead atoms. The number of anilines is 1. The minimum absolute atomic E-state index is 0.695. The van der Waals surface area contributed by atoms with Crippen LogP contribution in [-0.4, -0.2) is 23.7 Å². The molecule has 2 aromatic carbocycles. The molecule has 3 nitrogen and oxygen atoms in total. The van der Waals surface area contributed by atoms with Gasteiger partial charge in [-0.2, -0.15) is 5.10 Å². The Kier molecular flexibility index (Phi) is 5.43. The molecule has 1 fully saturated rings. The maximum absolute atomic E-state index is 4.33. The van der Waals surface area contributed by atoms with Crippen molar-refractivity contribution >= 4 is 11.9 Å². The van der Waals surface area contributed by atoms with Gasteiger partial charge in [0.15, 0.2) is 0 Å². The Labute approximate surface area is 139 Å². The van der Waals surface area contributed by atoms with E-state index in [1.54, 1.807) is 0 Å². The summed E-state index contributed by atoms with van der Waals surface area (Å²) in [6, 6.07) is 19.4. The van der Waals surface area contributed by atoms with Crippen LogP contribution in [0.15, 0.2) is 59.7 Å². The minimum Gasteiger partial charge on any atom is -0.296 e. The summed E-state index contributed by atoms with van der Waals surface area (Å²) in [5.41, 5.74) is 6.56. The van der Waals surface area contributed by atoms with Gasteiger partial charge < -0.3 is 0 Å². The summed E-state index contributed by atoms with van der Waals surface area (Å²) in [6.45, 7) is 4.60. The number of rotatable bonds is 5. The smallest absolute Gasteiger partial charge is 0.0561 e. The van der Waals surface area contributed by atoms with Crippen LogP contribution in [0.5, 0.6) is 0 Å². The van der Waals surface area contributed by atoms with E-state index in [2.05, 4.69) is 46.6 Å². The van der Waals surface area contributed by atoms with Crippen molar-refractivity contribution in [3.63, 3.8) is 0 Å². The highest BCUT2D eigenvalue weighted by atomic mass is 15.3. The van der Waals surface area contributed by atoms with Crippen molar-refractivity contribution in [2.45, 2.75) is 38.8 Å². The molecule has 1 N–H and O–H groups in total. The number of likely N-dealkylation sites (tertiary alicyclic amines) is 1. The van der Waals surface area contributed by atoms with Crippen molar-refractivity contribution in [2.24, 2.45) is 5.10 Å². The normalized spacial score (nSPS) is 19.1. The zero-order valence-corrected chi connectivity index (χ0v) is 13.8. The molecule has 0 aliphatic carbocycles. The molecule has 120 valence electrons. The number of hydrogen-bond donors (Lipinski definition) is 1. The average molecular weight is 307 g/mol. The van der Waals surface area contributed by atoms with E-state index in [1.165, 1.54) is 31.4 Å². The molecule has 0 spiro atoms. The van der Waals surface area contributed by atoms with Crippen molar-refractivity contribution in [3.05, 3.63) is 65.7 Å². The molecule has 3 rings (SSSR count). The number of benzene rings is 2. The van der Waals surface area contributed by atoms with Crippen LogP contribution in [0.1, 0.15) is 37.3 Å². The SMILES string of the molecule is CC1CCCCN1Cc1cccc(C=NNc2ccccc2)c1. The number of nitrogens with zero attached hydrogens (tertiary/aromatic N) is 2. The predicted molar refractivity (Wildman–Crippen MR) is 97.8 cm³/mol. The lowest BCUT2D eigenvalue weighted by Gasteiger charge is -2.33. The summed E-state index contributed by atoms with van der Waals surface area (Å²) in [6.07, 6.45) is 5.90. The standard InChI is InChI=1S/C20H25N3/c1-17-8-5-6-13-23(17)16-19-10-7-9-18(14-19)15-21-22-20-11-3-2-4-12-20/h2-4,7,9-12,14-15,17,22H,5-6,8,13,16H2,1H3. The lowest BCUT2D eigenvalue weighted by Crippen LogP contribution is -2.36. The van der Waals surface area contributed by atoms with Crippen LogP contribution in [0.4, 0.5) is 5.69 Å².